The fraction of sp³-hybridized carbons (Fsp3) is 0.278. The van der Waals surface area contributed by atoms with Gasteiger partial charge in [-0.3, -0.25) is 0 Å². The van der Waals surface area contributed by atoms with Crippen LogP contribution in [-0.4, -0.2) is 33.6 Å². The number of hydrogen-bond acceptors (Lipinski definition) is 4. The SMILES string of the molecule is Cc1ccccc1OCCn1c(SCCO)nc2ccccc21. The molecule has 23 heavy (non-hydrogen) atoms. The third-order valence-corrected chi connectivity index (χ3v) is 4.56. The van der Waals surface area contributed by atoms with Gasteiger partial charge in [0.15, 0.2) is 5.16 Å². The van der Waals surface area contributed by atoms with Crippen LogP contribution in [-0.2, 0) is 6.54 Å². The summed E-state index contributed by atoms with van der Waals surface area (Å²) in [5.74, 6) is 1.56. The van der Waals surface area contributed by atoms with Gasteiger partial charge in [0, 0.05) is 5.75 Å². The van der Waals surface area contributed by atoms with Crippen molar-refractivity contribution in [2.75, 3.05) is 19.0 Å². The molecule has 0 aliphatic rings. The van der Waals surface area contributed by atoms with Gasteiger partial charge in [-0.2, -0.15) is 0 Å². The second-order valence-corrected chi connectivity index (χ2v) is 6.28. The lowest BCUT2D eigenvalue weighted by atomic mass is 10.2. The number of imidazole rings is 1. The number of thioether (sulfide) groups is 1. The van der Waals surface area contributed by atoms with Gasteiger partial charge in [0.1, 0.15) is 12.4 Å². The maximum absolute atomic E-state index is 9.07. The first-order valence-corrected chi connectivity index (χ1v) is 8.65. The van der Waals surface area contributed by atoms with Crippen molar-refractivity contribution in [1.29, 1.82) is 0 Å². The van der Waals surface area contributed by atoms with Crippen molar-refractivity contribution in [2.24, 2.45) is 0 Å². The van der Waals surface area contributed by atoms with E-state index in [0.29, 0.717) is 12.4 Å². The summed E-state index contributed by atoms with van der Waals surface area (Å²) in [5, 5.41) is 9.99. The maximum atomic E-state index is 9.07. The summed E-state index contributed by atoms with van der Waals surface area (Å²) < 4.78 is 8.07. The quantitative estimate of drug-likeness (QED) is 0.674. The van der Waals surface area contributed by atoms with Gasteiger partial charge < -0.3 is 14.4 Å². The van der Waals surface area contributed by atoms with Gasteiger partial charge in [-0.05, 0) is 30.7 Å². The zero-order valence-corrected chi connectivity index (χ0v) is 13.9. The third kappa shape index (κ3) is 3.68. The predicted octanol–water partition coefficient (Wildman–Crippen LogP) is 3.51. The van der Waals surface area contributed by atoms with Crippen molar-refractivity contribution >= 4 is 22.8 Å². The van der Waals surface area contributed by atoms with Gasteiger partial charge in [-0.25, -0.2) is 4.98 Å². The number of ether oxygens (including phenoxy) is 1. The van der Waals surface area contributed by atoms with Crippen LogP contribution in [0.2, 0.25) is 0 Å². The summed E-state index contributed by atoms with van der Waals surface area (Å²) >= 11 is 1.57. The minimum Gasteiger partial charge on any atom is -0.491 e. The third-order valence-electron chi connectivity index (χ3n) is 3.61. The molecule has 0 fully saturated rings. The Bertz CT molecular complexity index is 786. The maximum Gasteiger partial charge on any atom is 0.169 e. The van der Waals surface area contributed by atoms with Gasteiger partial charge in [-0.15, -0.1) is 0 Å². The Balaban J connectivity index is 1.77. The topological polar surface area (TPSA) is 47.3 Å². The molecule has 0 amide bonds. The zero-order valence-electron chi connectivity index (χ0n) is 13.1. The summed E-state index contributed by atoms with van der Waals surface area (Å²) in [7, 11) is 0. The van der Waals surface area contributed by atoms with Crippen LogP contribution in [0.5, 0.6) is 5.75 Å². The standard InChI is InChI=1S/C18H20N2O2S/c1-14-6-2-5-9-17(14)22-12-10-20-16-8-4-3-7-15(16)19-18(20)23-13-11-21/h2-9,21H,10-13H2,1H3. The Hall–Kier alpha value is -1.98. The Kier molecular flexibility index (Phi) is 5.20. The number of aliphatic hydroxyl groups is 1. The minimum absolute atomic E-state index is 0.146. The van der Waals surface area contributed by atoms with Crippen molar-refractivity contribution in [2.45, 2.75) is 18.6 Å². The van der Waals surface area contributed by atoms with Gasteiger partial charge >= 0.3 is 0 Å². The summed E-state index contributed by atoms with van der Waals surface area (Å²) in [6, 6.07) is 16.1. The largest absolute Gasteiger partial charge is 0.491 e. The molecule has 3 aromatic rings. The lowest BCUT2D eigenvalue weighted by Gasteiger charge is -2.11. The Morgan fingerprint density at radius 1 is 1.13 bits per heavy atom. The van der Waals surface area contributed by atoms with Crippen LogP contribution in [0, 0.1) is 6.92 Å². The van der Waals surface area contributed by atoms with E-state index < -0.39 is 0 Å². The van der Waals surface area contributed by atoms with E-state index in [0.717, 1.165) is 34.0 Å². The van der Waals surface area contributed by atoms with Gasteiger partial charge in [0.25, 0.3) is 0 Å². The van der Waals surface area contributed by atoms with Crippen LogP contribution in [0.1, 0.15) is 5.56 Å². The number of aliphatic hydroxyl groups excluding tert-OH is 1. The van der Waals surface area contributed by atoms with Gasteiger partial charge in [0.2, 0.25) is 0 Å². The first kappa shape index (κ1) is 15.9. The van der Waals surface area contributed by atoms with Crippen molar-refractivity contribution in [3.63, 3.8) is 0 Å². The molecule has 0 aliphatic heterocycles. The zero-order chi connectivity index (χ0) is 16.1. The van der Waals surface area contributed by atoms with Crippen LogP contribution in [0.3, 0.4) is 0 Å². The van der Waals surface area contributed by atoms with E-state index in [1.807, 2.05) is 49.4 Å². The van der Waals surface area contributed by atoms with Crippen LogP contribution in [0.4, 0.5) is 0 Å². The van der Waals surface area contributed by atoms with Crippen LogP contribution in [0.25, 0.3) is 11.0 Å². The summed E-state index contributed by atoms with van der Waals surface area (Å²) in [6.07, 6.45) is 0. The number of nitrogens with zero attached hydrogens (tertiary/aromatic N) is 2. The summed E-state index contributed by atoms with van der Waals surface area (Å²) in [6.45, 7) is 3.50. The van der Waals surface area contributed by atoms with E-state index >= 15 is 0 Å². The van der Waals surface area contributed by atoms with Gasteiger partial charge in [0.05, 0.1) is 24.2 Å². The first-order chi connectivity index (χ1) is 11.3. The van der Waals surface area contributed by atoms with E-state index in [4.69, 9.17) is 9.84 Å². The van der Waals surface area contributed by atoms with Crippen molar-refractivity contribution in [1.82, 2.24) is 9.55 Å². The van der Waals surface area contributed by atoms with E-state index in [-0.39, 0.29) is 6.61 Å². The normalized spacial score (nSPS) is 11.0. The molecule has 0 aliphatic carbocycles. The number of aromatic nitrogens is 2. The molecule has 0 unspecified atom stereocenters. The minimum atomic E-state index is 0.146. The fourth-order valence-electron chi connectivity index (χ4n) is 2.48. The Morgan fingerprint density at radius 2 is 1.91 bits per heavy atom. The highest BCUT2D eigenvalue weighted by molar-refractivity contribution is 7.99. The molecule has 0 bridgehead atoms. The lowest BCUT2D eigenvalue weighted by Crippen LogP contribution is -2.10. The van der Waals surface area contributed by atoms with Crippen molar-refractivity contribution < 1.29 is 9.84 Å². The van der Waals surface area contributed by atoms with Crippen LogP contribution >= 0.6 is 11.8 Å². The second-order valence-electron chi connectivity index (χ2n) is 5.22. The molecule has 5 heteroatoms. The predicted molar refractivity (Wildman–Crippen MR) is 94.2 cm³/mol. The number of hydrogen-bond donors (Lipinski definition) is 1. The Labute approximate surface area is 140 Å². The molecule has 0 spiro atoms. The number of fused-ring (bicyclic) bond motifs is 1. The van der Waals surface area contributed by atoms with Gasteiger partial charge in [-0.1, -0.05) is 42.1 Å². The molecule has 1 aromatic heterocycles. The van der Waals surface area contributed by atoms with E-state index in [9.17, 15) is 0 Å². The second kappa shape index (κ2) is 7.53. The number of para-hydroxylation sites is 3. The van der Waals surface area contributed by atoms with Crippen LogP contribution < -0.4 is 4.74 Å². The molecule has 0 saturated heterocycles. The molecule has 2 aromatic carbocycles. The molecule has 0 atom stereocenters. The first-order valence-electron chi connectivity index (χ1n) is 7.67. The molecule has 1 heterocycles. The van der Waals surface area contributed by atoms with E-state index in [2.05, 4.69) is 15.6 Å². The van der Waals surface area contributed by atoms with E-state index in [1.54, 1.807) is 11.8 Å². The number of aryl methyl sites for hydroxylation is 1. The number of rotatable bonds is 7. The monoisotopic (exact) mass is 328 g/mol. The highest BCUT2D eigenvalue weighted by Crippen LogP contribution is 2.24. The number of benzene rings is 2. The molecule has 0 saturated carbocycles. The molecule has 1 N–H and O–H groups in total. The molecule has 0 radical (unpaired) electrons. The highest BCUT2D eigenvalue weighted by Gasteiger charge is 2.11. The summed E-state index contributed by atoms with van der Waals surface area (Å²) in [5.41, 5.74) is 3.21. The molecule has 4 nitrogen and oxygen atoms in total. The smallest absolute Gasteiger partial charge is 0.169 e. The summed E-state index contributed by atoms with van der Waals surface area (Å²) in [4.78, 5) is 4.65. The Morgan fingerprint density at radius 3 is 2.74 bits per heavy atom. The fourth-order valence-corrected chi connectivity index (χ4v) is 3.26. The molecular formula is C18H20N2O2S. The van der Waals surface area contributed by atoms with Crippen LogP contribution in [0.15, 0.2) is 53.7 Å². The molecular weight excluding hydrogens is 308 g/mol. The average molecular weight is 328 g/mol. The molecule has 120 valence electrons. The van der Waals surface area contributed by atoms with Crippen molar-refractivity contribution in [3.05, 3.63) is 54.1 Å². The lowest BCUT2D eigenvalue weighted by molar-refractivity contribution is 0.293. The van der Waals surface area contributed by atoms with Crippen molar-refractivity contribution in [3.8, 4) is 5.75 Å². The van der Waals surface area contributed by atoms with E-state index in [1.165, 1.54) is 0 Å². The molecule has 3 rings (SSSR count). The highest BCUT2D eigenvalue weighted by atomic mass is 32.2. The average Bonchev–Trinajstić information content (AvgIpc) is 2.92.